The molecule has 4 amide bonds. The van der Waals surface area contributed by atoms with Crippen molar-refractivity contribution in [3.8, 4) is 28.1 Å². The summed E-state index contributed by atoms with van der Waals surface area (Å²) >= 11 is 0. The highest BCUT2D eigenvalue weighted by molar-refractivity contribution is 5.96. The number of aromatic hydroxyl groups is 1. The topological polar surface area (TPSA) is 163 Å². The lowest BCUT2D eigenvalue weighted by Crippen LogP contribution is -2.66. The van der Waals surface area contributed by atoms with Crippen LogP contribution in [0.15, 0.2) is 73.3 Å². The molecule has 0 saturated carbocycles. The highest BCUT2D eigenvalue weighted by Crippen LogP contribution is 2.42. The number of hydrogen-bond acceptors (Lipinski definition) is 9. The molecule has 358 valence electrons. The van der Waals surface area contributed by atoms with Gasteiger partial charge in [-0.3, -0.25) is 24.2 Å². The van der Waals surface area contributed by atoms with Crippen LogP contribution in [0.4, 0.5) is 0 Å². The minimum absolute atomic E-state index is 0.00267. The minimum atomic E-state index is -1.25. The first-order chi connectivity index (χ1) is 31.9. The number of likely N-dealkylation sites (tertiary alicyclic amines) is 1. The Balaban J connectivity index is 1.32. The zero-order valence-corrected chi connectivity index (χ0v) is 40.4. The number of cyclic esters (lactones) is 1. The first kappa shape index (κ1) is 48.9. The second-order valence-corrected chi connectivity index (χ2v) is 19.9. The van der Waals surface area contributed by atoms with Crippen LogP contribution in [0.1, 0.15) is 77.5 Å². The summed E-state index contributed by atoms with van der Waals surface area (Å²) in [5.74, 6) is -2.85. The molecule has 0 aliphatic carbocycles. The van der Waals surface area contributed by atoms with Crippen LogP contribution in [0, 0.1) is 17.3 Å². The summed E-state index contributed by atoms with van der Waals surface area (Å²) in [6, 6.07) is 17.9. The fraction of sp³-hybridized carbons (Fsp3) is 0.491. The predicted molar refractivity (Wildman–Crippen MR) is 259 cm³/mol. The summed E-state index contributed by atoms with van der Waals surface area (Å²) in [6.07, 6.45) is 3.89. The summed E-state index contributed by atoms with van der Waals surface area (Å²) < 4.78 is 14.1. The number of nitrogens with zero attached hydrogens (tertiary/aromatic N) is 4. The zero-order chi connectivity index (χ0) is 48.4. The molecule has 1 aromatic heterocycles. The normalized spacial score (nSPS) is 21.4. The number of aromatic nitrogens is 1. The van der Waals surface area contributed by atoms with Crippen molar-refractivity contribution in [1.82, 2.24) is 30.1 Å². The van der Waals surface area contributed by atoms with Crippen LogP contribution in [0.3, 0.4) is 0 Å². The van der Waals surface area contributed by atoms with Crippen molar-refractivity contribution in [2.75, 3.05) is 47.0 Å². The molecule has 2 saturated heterocycles. The number of aryl methyl sites for hydroxylation is 1. The van der Waals surface area contributed by atoms with Crippen LogP contribution in [-0.2, 0) is 59.3 Å². The molecule has 67 heavy (non-hydrogen) atoms. The van der Waals surface area contributed by atoms with E-state index in [1.165, 1.54) is 16.0 Å². The zero-order valence-electron chi connectivity index (χ0n) is 40.4. The molecule has 3 aliphatic rings. The summed E-state index contributed by atoms with van der Waals surface area (Å²) in [5, 5.41) is 16.8. The summed E-state index contributed by atoms with van der Waals surface area (Å²) in [5.41, 5.74) is 9.14. The van der Waals surface area contributed by atoms with Gasteiger partial charge in [-0.15, -0.1) is 0 Å². The fourth-order valence-corrected chi connectivity index (χ4v) is 10.3. The van der Waals surface area contributed by atoms with E-state index in [-0.39, 0.29) is 49.6 Å². The minimum Gasteiger partial charge on any atom is -0.508 e. The van der Waals surface area contributed by atoms with Gasteiger partial charge in [0.1, 0.15) is 23.4 Å². The number of nitrogens with one attached hydrogen (secondary N) is 2. The molecule has 0 radical (unpaired) electrons. The van der Waals surface area contributed by atoms with Gasteiger partial charge in [0.25, 0.3) is 5.91 Å². The third kappa shape index (κ3) is 10.3. The van der Waals surface area contributed by atoms with Crippen LogP contribution in [0.5, 0.6) is 5.75 Å². The van der Waals surface area contributed by atoms with Crippen molar-refractivity contribution in [1.29, 1.82) is 0 Å². The third-order valence-electron chi connectivity index (χ3n) is 13.8. The number of ether oxygens (including phenoxy) is 2. The molecule has 4 heterocycles. The lowest BCUT2D eigenvalue weighted by atomic mass is 9.83. The van der Waals surface area contributed by atoms with Gasteiger partial charge >= 0.3 is 5.97 Å². The highest BCUT2D eigenvalue weighted by atomic mass is 16.5. The number of methoxy groups -OCH3 is 1. The smallest absolute Gasteiger partial charge is 0.327 e. The van der Waals surface area contributed by atoms with E-state index in [1.807, 2.05) is 26.0 Å². The molecule has 3 aromatic carbocycles. The van der Waals surface area contributed by atoms with E-state index in [9.17, 15) is 29.1 Å². The van der Waals surface area contributed by atoms with Crippen molar-refractivity contribution in [2.24, 2.45) is 17.3 Å². The Labute approximate surface area is 394 Å². The van der Waals surface area contributed by atoms with Gasteiger partial charge in [0.15, 0.2) is 0 Å². The number of hydrogen-bond donors (Lipinski definition) is 3. The average Bonchev–Trinajstić information content (AvgIpc) is 3.91. The summed E-state index contributed by atoms with van der Waals surface area (Å²) in [4.78, 5) is 73.0. The Morgan fingerprint density at radius 1 is 1.06 bits per heavy atom. The summed E-state index contributed by atoms with van der Waals surface area (Å²) in [7, 11) is 3.29. The van der Waals surface area contributed by atoms with Gasteiger partial charge in [0.2, 0.25) is 17.7 Å². The molecule has 14 heteroatoms. The first-order valence-corrected chi connectivity index (χ1v) is 23.7. The van der Waals surface area contributed by atoms with E-state index in [0.29, 0.717) is 50.9 Å². The Morgan fingerprint density at radius 3 is 2.54 bits per heavy atom. The molecule has 6 bridgehead atoms. The van der Waals surface area contributed by atoms with E-state index < -0.39 is 46.7 Å². The quantitative estimate of drug-likeness (QED) is 0.114. The Bertz CT molecular complexity index is 2550. The molecular formula is C53H68N6O8. The second kappa shape index (κ2) is 20.1. The number of amides is 4. The van der Waals surface area contributed by atoms with E-state index in [1.54, 1.807) is 38.1 Å². The van der Waals surface area contributed by atoms with Gasteiger partial charge in [-0.1, -0.05) is 70.7 Å². The standard InChI is InChI=1S/C53H68N6O8/c1-10-45(61)57-23-19-37(31-57)49(63)56(8)46(33(3)4)48(62)54-43-27-34-25-38(28-39(60)26-34)36-17-18-44-41(29-36)42(47(58(44)11-2)40-16-13-12-15-35(40)20-24-66-9)30-52(5,6)32-67-51(65)53(7)21-14-22-59(55-53)50(43)64/h10,12-13,15-18,25-26,28-29,33,37,43,46,55,60H,1,11,14,19-24,27,30-32H2,2-9H3,(H,54,62)/t37-,43-,46?,53-/m0/s1. The molecule has 0 spiro atoms. The van der Waals surface area contributed by atoms with Crippen molar-refractivity contribution in [3.63, 3.8) is 0 Å². The number of benzene rings is 3. The van der Waals surface area contributed by atoms with Crippen molar-refractivity contribution < 1.29 is 38.6 Å². The molecule has 3 N–H and O–H groups in total. The highest BCUT2D eigenvalue weighted by Gasteiger charge is 2.44. The number of likely N-dealkylation sites (N-methyl/N-ethyl adjacent to an activating group) is 1. The van der Waals surface area contributed by atoms with Gasteiger partial charge in [0, 0.05) is 68.6 Å². The Morgan fingerprint density at radius 2 is 1.82 bits per heavy atom. The molecule has 14 nitrogen and oxygen atoms in total. The summed E-state index contributed by atoms with van der Waals surface area (Å²) in [6.45, 7) is 17.6. The van der Waals surface area contributed by atoms with E-state index >= 15 is 0 Å². The number of esters is 1. The fourth-order valence-electron chi connectivity index (χ4n) is 10.3. The van der Waals surface area contributed by atoms with E-state index in [2.05, 4.69) is 79.1 Å². The van der Waals surface area contributed by atoms with E-state index in [4.69, 9.17) is 9.47 Å². The Hall–Kier alpha value is -5.99. The maximum atomic E-state index is 14.9. The monoisotopic (exact) mass is 917 g/mol. The van der Waals surface area contributed by atoms with Gasteiger partial charge in [-0.25, -0.2) is 10.2 Å². The molecule has 3 aliphatic heterocycles. The largest absolute Gasteiger partial charge is 0.508 e. The second-order valence-electron chi connectivity index (χ2n) is 19.9. The van der Waals surface area contributed by atoms with Gasteiger partial charge in [0.05, 0.1) is 24.8 Å². The number of phenolic OH excluding ortho intramolecular Hbond substituents is 1. The van der Waals surface area contributed by atoms with Crippen LogP contribution in [0.2, 0.25) is 0 Å². The van der Waals surface area contributed by atoms with Crippen LogP contribution in [0.25, 0.3) is 33.3 Å². The van der Waals surface area contributed by atoms with Crippen molar-refractivity contribution >= 4 is 40.5 Å². The van der Waals surface area contributed by atoms with Crippen LogP contribution < -0.4 is 10.7 Å². The number of fused-ring (bicyclic) bond motifs is 6. The van der Waals surface area contributed by atoms with E-state index in [0.717, 1.165) is 50.8 Å². The molecular weight excluding hydrogens is 849 g/mol. The number of hydrazine groups is 1. The number of rotatable bonds is 11. The van der Waals surface area contributed by atoms with Gasteiger partial charge in [-0.05, 0) is 110 Å². The maximum absolute atomic E-state index is 14.9. The number of phenols is 1. The van der Waals surface area contributed by atoms with Crippen molar-refractivity contribution in [2.45, 2.75) is 104 Å². The number of carbonyl (C=O) groups excluding carboxylic acids is 5. The van der Waals surface area contributed by atoms with Crippen LogP contribution in [-0.4, -0.2) is 119 Å². The predicted octanol–water partition coefficient (Wildman–Crippen LogP) is 6.45. The Kier molecular flexibility index (Phi) is 14.7. The van der Waals surface area contributed by atoms with Crippen molar-refractivity contribution in [3.05, 3.63) is 90.0 Å². The third-order valence-corrected chi connectivity index (χ3v) is 13.8. The average molecular weight is 917 g/mol. The van der Waals surface area contributed by atoms with Gasteiger partial charge < -0.3 is 34.3 Å². The maximum Gasteiger partial charge on any atom is 0.327 e. The molecule has 2 fully saturated rings. The first-order valence-electron chi connectivity index (χ1n) is 23.7. The van der Waals surface area contributed by atoms with Gasteiger partial charge in [-0.2, -0.15) is 0 Å². The molecule has 7 rings (SSSR count). The SMILES string of the molecule is C=CC(=O)N1CC[C@H](C(=O)N(C)C(C(=O)N[C@H]2Cc3cc(O)cc(c3)-c3ccc4c(c3)c(c(-c3ccccc3CCOC)n4CC)CC(C)(C)COC(=O)[C@]3(C)CCCN(N3)C2=O)C(C)C)C1. The molecule has 4 atom stereocenters. The molecule has 4 aromatic rings. The lowest BCUT2D eigenvalue weighted by molar-refractivity contribution is -0.162. The lowest BCUT2D eigenvalue weighted by Gasteiger charge is -2.41. The number of carbonyl (C=O) groups is 5. The van der Waals surface area contributed by atoms with Crippen LogP contribution >= 0.6 is 0 Å². The molecule has 1 unspecified atom stereocenters.